The Morgan fingerprint density at radius 1 is 1.11 bits per heavy atom. The van der Waals surface area contributed by atoms with Crippen molar-refractivity contribution in [2.45, 2.75) is 76.4 Å². The summed E-state index contributed by atoms with van der Waals surface area (Å²) in [5.74, 6) is 1.80. The average molecular weight is 250 g/mol. The Balaban J connectivity index is 1.85. The molecule has 4 aliphatic rings. The Labute approximate surface area is 110 Å². The molecular weight excluding hydrogens is 224 g/mol. The lowest BCUT2D eigenvalue weighted by molar-refractivity contribution is -0.126. The van der Waals surface area contributed by atoms with Crippen molar-refractivity contribution in [2.24, 2.45) is 11.8 Å². The number of hydrogen-bond acceptors (Lipinski definition) is 2. The van der Waals surface area contributed by atoms with Gasteiger partial charge in [-0.15, -0.1) is 0 Å². The molecule has 2 N–H and O–H groups in total. The second-order valence-corrected chi connectivity index (χ2v) is 7.50. The second-order valence-electron chi connectivity index (χ2n) is 7.50. The highest BCUT2D eigenvalue weighted by molar-refractivity contribution is 5.74. The van der Waals surface area contributed by atoms with Gasteiger partial charge in [0.1, 0.15) is 0 Å². The van der Waals surface area contributed by atoms with Crippen LogP contribution in [0.25, 0.3) is 0 Å². The molecule has 4 bridgehead atoms. The summed E-state index contributed by atoms with van der Waals surface area (Å²) in [5, 5.41) is 7.14. The van der Waals surface area contributed by atoms with E-state index in [4.69, 9.17) is 0 Å². The van der Waals surface area contributed by atoms with Gasteiger partial charge in [-0.25, -0.2) is 0 Å². The Kier molecular flexibility index (Phi) is 2.74. The van der Waals surface area contributed by atoms with Gasteiger partial charge in [0.15, 0.2) is 0 Å². The van der Waals surface area contributed by atoms with Gasteiger partial charge in [-0.2, -0.15) is 0 Å². The highest BCUT2D eigenvalue weighted by Gasteiger charge is 2.57. The molecule has 0 aromatic carbocycles. The smallest absolute Gasteiger partial charge is 0.217 e. The first kappa shape index (κ1) is 12.5. The minimum atomic E-state index is 0.109. The minimum Gasteiger partial charge on any atom is -0.351 e. The predicted octanol–water partition coefficient (Wildman–Crippen LogP) is 2.21. The van der Waals surface area contributed by atoms with E-state index < -0.39 is 0 Å². The zero-order chi connectivity index (χ0) is 13.0. The van der Waals surface area contributed by atoms with E-state index in [0.717, 1.165) is 18.3 Å². The van der Waals surface area contributed by atoms with Crippen molar-refractivity contribution >= 4 is 5.91 Å². The van der Waals surface area contributed by atoms with Gasteiger partial charge < -0.3 is 10.6 Å². The molecular formula is C15H26N2O. The van der Waals surface area contributed by atoms with E-state index in [9.17, 15) is 4.79 Å². The molecule has 3 heteroatoms. The maximum absolute atomic E-state index is 11.5. The van der Waals surface area contributed by atoms with E-state index in [1.807, 2.05) is 0 Å². The molecule has 0 heterocycles. The van der Waals surface area contributed by atoms with Crippen LogP contribution in [-0.2, 0) is 4.79 Å². The molecule has 18 heavy (non-hydrogen) atoms. The number of nitrogens with one attached hydrogen (secondary N) is 2. The van der Waals surface area contributed by atoms with E-state index in [2.05, 4.69) is 24.5 Å². The van der Waals surface area contributed by atoms with Crippen molar-refractivity contribution in [3.05, 3.63) is 0 Å². The SMILES string of the molecule is CC(=O)NC12CC3CC(C1)CC(NC(C)C)(C3)C2. The topological polar surface area (TPSA) is 41.1 Å². The summed E-state index contributed by atoms with van der Waals surface area (Å²) in [6.07, 6.45) is 7.61. The van der Waals surface area contributed by atoms with Crippen LogP contribution in [0.3, 0.4) is 0 Å². The lowest BCUT2D eigenvalue weighted by atomic mass is 9.49. The second kappa shape index (κ2) is 3.96. The van der Waals surface area contributed by atoms with Gasteiger partial charge in [-0.1, -0.05) is 13.8 Å². The Morgan fingerprint density at radius 2 is 1.67 bits per heavy atom. The van der Waals surface area contributed by atoms with E-state index >= 15 is 0 Å². The van der Waals surface area contributed by atoms with Crippen LogP contribution in [-0.4, -0.2) is 23.0 Å². The molecule has 0 radical (unpaired) electrons. The van der Waals surface area contributed by atoms with Crippen LogP contribution in [0.5, 0.6) is 0 Å². The van der Waals surface area contributed by atoms with Crippen LogP contribution in [0.15, 0.2) is 0 Å². The standard InChI is InChI=1S/C15H26N2O/c1-10(2)16-14-5-12-4-13(6-14)8-15(7-12,9-14)17-11(3)18/h10,12-13,16H,4-9H2,1-3H3,(H,17,18). The summed E-state index contributed by atoms with van der Waals surface area (Å²) in [5.41, 5.74) is 0.415. The van der Waals surface area contributed by atoms with E-state index in [1.165, 1.54) is 32.1 Å². The van der Waals surface area contributed by atoms with Crippen molar-refractivity contribution in [1.82, 2.24) is 10.6 Å². The highest BCUT2D eigenvalue weighted by atomic mass is 16.1. The third-order valence-electron chi connectivity index (χ3n) is 5.10. The Hall–Kier alpha value is -0.570. The van der Waals surface area contributed by atoms with E-state index in [1.54, 1.807) is 6.92 Å². The van der Waals surface area contributed by atoms with Crippen molar-refractivity contribution in [3.63, 3.8) is 0 Å². The summed E-state index contributed by atoms with van der Waals surface area (Å²) in [6.45, 7) is 6.15. The van der Waals surface area contributed by atoms with Crippen LogP contribution in [0, 0.1) is 11.8 Å². The monoisotopic (exact) mass is 250 g/mol. The van der Waals surface area contributed by atoms with Gasteiger partial charge in [0.2, 0.25) is 5.91 Å². The largest absolute Gasteiger partial charge is 0.351 e. The number of rotatable bonds is 3. The molecule has 3 nitrogen and oxygen atoms in total. The summed E-state index contributed by atoms with van der Waals surface area (Å²) in [7, 11) is 0. The van der Waals surface area contributed by atoms with Crippen LogP contribution in [0.1, 0.15) is 59.3 Å². The Morgan fingerprint density at radius 3 is 2.17 bits per heavy atom. The minimum absolute atomic E-state index is 0.109. The van der Waals surface area contributed by atoms with Crippen LogP contribution in [0.4, 0.5) is 0 Å². The molecule has 0 saturated heterocycles. The van der Waals surface area contributed by atoms with Gasteiger partial charge in [0.05, 0.1) is 0 Å². The van der Waals surface area contributed by atoms with E-state index in [0.29, 0.717) is 11.6 Å². The molecule has 0 aliphatic heterocycles. The number of amides is 1. The lowest BCUT2D eigenvalue weighted by Crippen LogP contribution is -2.69. The fourth-order valence-electron chi connectivity index (χ4n) is 5.56. The average Bonchev–Trinajstić information content (AvgIpc) is 2.08. The van der Waals surface area contributed by atoms with Gasteiger partial charge in [0.25, 0.3) is 0 Å². The van der Waals surface area contributed by atoms with Crippen LogP contribution < -0.4 is 10.6 Å². The summed E-state index contributed by atoms with van der Waals surface area (Å²) >= 11 is 0. The van der Waals surface area contributed by atoms with Gasteiger partial charge in [0, 0.05) is 24.0 Å². The van der Waals surface area contributed by atoms with Crippen LogP contribution >= 0.6 is 0 Å². The summed E-state index contributed by atoms with van der Waals surface area (Å²) < 4.78 is 0. The normalized spacial score (nSPS) is 45.6. The molecule has 0 aromatic rings. The van der Waals surface area contributed by atoms with Crippen molar-refractivity contribution < 1.29 is 4.79 Å². The van der Waals surface area contributed by atoms with Crippen molar-refractivity contribution in [1.29, 1.82) is 0 Å². The zero-order valence-corrected chi connectivity index (χ0v) is 11.9. The zero-order valence-electron chi connectivity index (χ0n) is 11.9. The highest BCUT2D eigenvalue weighted by Crippen LogP contribution is 2.57. The predicted molar refractivity (Wildman–Crippen MR) is 72.2 cm³/mol. The number of hydrogen-bond donors (Lipinski definition) is 2. The molecule has 4 aliphatic carbocycles. The van der Waals surface area contributed by atoms with E-state index in [-0.39, 0.29) is 11.4 Å². The van der Waals surface area contributed by atoms with Crippen molar-refractivity contribution in [2.75, 3.05) is 0 Å². The molecule has 4 rings (SSSR count). The third kappa shape index (κ3) is 2.07. The first-order chi connectivity index (χ1) is 8.40. The van der Waals surface area contributed by atoms with Gasteiger partial charge >= 0.3 is 0 Å². The van der Waals surface area contributed by atoms with Crippen molar-refractivity contribution in [3.8, 4) is 0 Å². The maximum atomic E-state index is 11.5. The first-order valence-corrected chi connectivity index (χ1v) is 7.47. The third-order valence-corrected chi connectivity index (χ3v) is 5.10. The molecule has 4 saturated carbocycles. The number of carbonyl (C=O) groups excluding carboxylic acids is 1. The number of carbonyl (C=O) groups is 1. The Bertz CT molecular complexity index is 344. The fraction of sp³-hybridized carbons (Fsp3) is 0.933. The first-order valence-electron chi connectivity index (χ1n) is 7.47. The molecule has 102 valence electrons. The van der Waals surface area contributed by atoms with Gasteiger partial charge in [-0.3, -0.25) is 4.79 Å². The quantitative estimate of drug-likeness (QED) is 0.806. The molecule has 0 spiro atoms. The van der Waals surface area contributed by atoms with Gasteiger partial charge in [-0.05, 0) is 50.4 Å². The summed E-state index contributed by atoms with van der Waals surface area (Å²) in [4.78, 5) is 11.5. The maximum Gasteiger partial charge on any atom is 0.217 e. The lowest BCUT2D eigenvalue weighted by Gasteiger charge is -2.62. The molecule has 4 fully saturated rings. The fourth-order valence-corrected chi connectivity index (χ4v) is 5.56. The molecule has 0 aromatic heterocycles. The molecule has 2 unspecified atom stereocenters. The molecule has 1 amide bonds. The van der Waals surface area contributed by atoms with Crippen LogP contribution in [0.2, 0.25) is 0 Å². The molecule has 2 atom stereocenters. The summed E-state index contributed by atoms with van der Waals surface area (Å²) in [6, 6.07) is 0.538.